The van der Waals surface area contributed by atoms with E-state index >= 15 is 0 Å². The molecule has 1 unspecified atom stereocenters. The highest BCUT2D eigenvalue weighted by molar-refractivity contribution is 6.32. The number of aryl methyl sites for hydroxylation is 1. The predicted octanol–water partition coefficient (Wildman–Crippen LogP) is 2.73. The first-order chi connectivity index (χ1) is 9.61. The fourth-order valence-corrected chi connectivity index (χ4v) is 3.73. The summed E-state index contributed by atoms with van der Waals surface area (Å²) in [6.45, 7) is 5.86. The first kappa shape index (κ1) is 14.2. The van der Waals surface area contributed by atoms with Crippen LogP contribution in [0.4, 0.5) is 0 Å². The summed E-state index contributed by atoms with van der Waals surface area (Å²) in [6, 6.07) is 5.85. The van der Waals surface area contributed by atoms with Gasteiger partial charge in [0.15, 0.2) is 0 Å². The second kappa shape index (κ2) is 5.92. The van der Waals surface area contributed by atoms with Gasteiger partial charge in [-0.05, 0) is 49.3 Å². The lowest BCUT2D eigenvalue weighted by Gasteiger charge is -2.18. The SMILES string of the molecule is Cc1ccc(Cl)c(OCCN2C[C@H]3CC(O)C[C@H]3C2)c1. The molecule has 4 heteroatoms. The van der Waals surface area contributed by atoms with Crippen molar-refractivity contribution in [1.82, 2.24) is 4.90 Å². The highest BCUT2D eigenvalue weighted by atomic mass is 35.5. The van der Waals surface area contributed by atoms with Gasteiger partial charge in [0.1, 0.15) is 12.4 Å². The molecule has 3 rings (SSSR count). The van der Waals surface area contributed by atoms with Crippen molar-refractivity contribution in [3.8, 4) is 5.75 Å². The highest BCUT2D eigenvalue weighted by Crippen LogP contribution is 2.37. The Morgan fingerprint density at radius 2 is 2.00 bits per heavy atom. The molecule has 1 aliphatic heterocycles. The normalized spacial score (nSPS) is 29.6. The number of rotatable bonds is 4. The Balaban J connectivity index is 1.46. The number of aliphatic hydroxyl groups excluding tert-OH is 1. The van der Waals surface area contributed by atoms with Crippen LogP contribution in [0, 0.1) is 18.8 Å². The van der Waals surface area contributed by atoms with E-state index in [-0.39, 0.29) is 6.10 Å². The lowest BCUT2D eigenvalue weighted by molar-refractivity contribution is 0.157. The molecule has 1 saturated heterocycles. The average molecular weight is 296 g/mol. The quantitative estimate of drug-likeness (QED) is 0.927. The van der Waals surface area contributed by atoms with E-state index in [4.69, 9.17) is 16.3 Å². The molecule has 3 atom stereocenters. The Morgan fingerprint density at radius 3 is 2.70 bits per heavy atom. The molecule has 1 aliphatic carbocycles. The molecule has 3 nitrogen and oxygen atoms in total. The second-order valence-electron chi connectivity index (χ2n) is 6.19. The predicted molar refractivity (Wildman–Crippen MR) is 80.3 cm³/mol. The lowest BCUT2D eigenvalue weighted by atomic mass is 10.0. The third-order valence-corrected chi connectivity index (χ3v) is 4.87. The smallest absolute Gasteiger partial charge is 0.138 e. The van der Waals surface area contributed by atoms with Gasteiger partial charge in [-0.2, -0.15) is 0 Å². The van der Waals surface area contributed by atoms with E-state index in [1.54, 1.807) is 0 Å². The summed E-state index contributed by atoms with van der Waals surface area (Å²) in [5.41, 5.74) is 1.16. The number of ether oxygens (including phenoxy) is 1. The van der Waals surface area contributed by atoms with Gasteiger partial charge in [0, 0.05) is 19.6 Å². The monoisotopic (exact) mass is 295 g/mol. The number of benzene rings is 1. The molecule has 2 aliphatic rings. The minimum Gasteiger partial charge on any atom is -0.491 e. The van der Waals surface area contributed by atoms with Crippen LogP contribution in [-0.2, 0) is 0 Å². The van der Waals surface area contributed by atoms with Crippen molar-refractivity contribution in [2.24, 2.45) is 11.8 Å². The minimum atomic E-state index is -0.0606. The van der Waals surface area contributed by atoms with Crippen LogP contribution in [0.25, 0.3) is 0 Å². The summed E-state index contributed by atoms with van der Waals surface area (Å²) in [5, 5.41) is 10.3. The summed E-state index contributed by atoms with van der Waals surface area (Å²) in [7, 11) is 0. The van der Waals surface area contributed by atoms with Crippen LogP contribution in [0.3, 0.4) is 0 Å². The molecule has 110 valence electrons. The summed E-state index contributed by atoms with van der Waals surface area (Å²) in [6.07, 6.45) is 1.90. The van der Waals surface area contributed by atoms with E-state index in [1.807, 2.05) is 25.1 Å². The van der Waals surface area contributed by atoms with Gasteiger partial charge in [0.05, 0.1) is 11.1 Å². The molecular weight excluding hydrogens is 274 g/mol. The highest BCUT2D eigenvalue weighted by Gasteiger charge is 2.39. The Hall–Kier alpha value is -0.770. The van der Waals surface area contributed by atoms with E-state index < -0.39 is 0 Å². The Labute approximate surface area is 125 Å². The zero-order valence-electron chi connectivity index (χ0n) is 11.9. The summed E-state index contributed by atoms with van der Waals surface area (Å²) in [4.78, 5) is 2.45. The van der Waals surface area contributed by atoms with Gasteiger partial charge < -0.3 is 9.84 Å². The molecule has 1 aromatic carbocycles. The molecule has 0 spiro atoms. The lowest BCUT2D eigenvalue weighted by Crippen LogP contribution is -2.28. The molecule has 0 radical (unpaired) electrons. The van der Waals surface area contributed by atoms with E-state index in [0.29, 0.717) is 23.5 Å². The summed E-state index contributed by atoms with van der Waals surface area (Å²) in [5.74, 6) is 2.15. The molecule has 1 aromatic rings. The van der Waals surface area contributed by atoms with Gasteiger partial charge in [0.25, 0.3) is 0 Å². The fourth-order valence-electron chi connectivity index (χ4n) is 3.55. The van der Waals surface area contributed by atoms with Crippen molar-refractivity contribution in [3.05, 3.63) is 28.8 Å². The van der Waals surface area contributed by atoms with Crippen LogP contribution in [-0.4, -0.2) is 42.4 Å². The molecule has 1 N–H and O–H groups in total. The zero-order chi connectivity index (χ0) is 14.1. The van der Waals surface area contributed by atoms with E-state index in [2.05, 4.69) is 4.90 Å². The number of fused-ring (bicyclic) bond motifs is 1. The largest absolute Gasteiger partial charge is 0.491 e. The van der Waals surface area contributed by atoms with Crippen LogP contribution in [0.15, 0.2) is 18.2 Å². The van der Waals surface area contributed by atoms with Gasteiger partial charge in [-0.25, -0.2) is 0 Å². The Bertz CT molecular complexity index is 466. The average Bonchev–Trinajstić information content (AvgIpc) is 2.90. The third kappa shape index (κ3) is 3.11. The maximum Gasteiger partial charge on any atom is 0.138 e. The van der Waals surface area contributed by atoms with Gasteiger partial charge >= 0.3 is 0 Å². The summed E-state index contributed by atoms with van der Waals surface area (Å²) >= 11 is 6.12. The molecule has 2 fully saturated rings. The fraction of sp³-hybridized carbons (Fsp3) is 0.625. The number of aliphatic hydroxyl groups is 1. The van der Waals surface area contributed by atoms with E-state index in [9.17, 15) is 5.11 Å². The third-order valence-electron chi connectivity index (χ3n) is 4.55. The minimum absolute atomic E-state index is 0.0606. The van der Waals surface area contributed by atoms with Gasteiger partial charge in [0.2, 0.25) is 0 Å². The van der Waals surface area contributed by atoms with Crippen molar-refractivity contribution in [2.45, 2.75) is 25.9 Å². The molecule has 0 bridgehead atoms. The number of hydrogen-bond donors (Lipinski definition) is 1. The van der Waals surface area contributed by atoms with Gasteiger partial charge in [-0.3, -0.25) is 4.90 Å². The number of hydrogen-bond acceptors (Lipinski definition) is 3. The van der Waals surface area contributed by atoms with E-state index in [1.165, 1.54) is 0 Å². The molecule has 1 saturated carbocycles. The van der Waals surface area contributed by atoms with Crippen LogP contribution in [0.2, 0.25) is 5.02 Å². The topological polar surface area (TPSA) is 32.7 Å². The molecule has 1 heterocycles. The summed E-state index contributed by atoms with van der Waals surface area (Å²) < 4.78 is 5.80. The van der Waals surface area contributed by atoms with Gasteiger partial charge in [-0.15, -0.1) is 0 Å². The van der Waals surface area contributed by atoms with Crippen LogP contribution >= 0.6 is 11.6 Å². The van der Waals surface area contributed by atoms with Crippen molar-refractivity contribution in [3.63, 3.8) is 0 Å². The molecule has 0 aromatic heterocycles. The molecular formula is C16H22ClNO2. The maximum atomic E-state index is 9.64. The van der Waals surface area contributed by atoms with Crippen molar-refractivity contribution in [2.75, 3.05) is 26.2 Å². The Morgan fingerprint density at radius 1 is 1.30 bits per heavy atom. The molecule has 20 heavy (non-hydrogen) atoms. The maximum absolute atomic E-state index is 9.64. The molecule has 0 amide bonds. The van der Waals surface area contributed by atoms with Gasteiger partial charge in [-0.1, -0.05) is 17.7 Å². The van der Waals surface area contributed by atoms with Crippen LogP contribution in [0.1, 0.15) is 18.4 Å². The van der Waals surface area contributed by atoms with Crippen molar-refractivity contribution < 1.29 is 9.84 Å². The number of halogens is 1. The second-order valence-corrected chi connectivity index (χ2v) is 6.59. The Kier molecular flexibility index (Phi) is 4.20. The van der Waals surface area contributed by atoms with Crippen molar-refractivity contribution in [1.29, 1.82) is 0 Å². The van der Waals surface area contributed by atoms with Crippen molar-refractivity contribution >= 4 is 11.6 Å². The van der Waals surface area contributed by atoms with Crippen LogP contribution in [0.5, 0.6) is 5.75 Å². The number of likely N-dealkylation sites (tertiary alicyclic amines) is 1. The standard InChI is InChI=1S/C16H22ClNO2/c1-11-2-3-15(17)16(6-11)20-5-4-18-9-12-7-14(19)8-13(12)10-18/h2-3,6,12-14,19H,4-5,7-10H2,1H3/t12-,13+,14?. The van der Waals surface area contributed by atoms with Crippen LogP contribution < -0.4 is 4.74 Å². The van der Waals surface area contributed by atoms with E-state index in [0.717, 1.165) is 43.8 Å². The first-order valence-corrected chi connectivity index (χ1v) is 7.79. The number of nitrogens with zero attached hydrogens (tertiary/aromatic N) is 1. The zero-order valence-corrected chi connectivity index (χ0v) is 12.6. The first-order valence-electron chi connectivity index (χ1n) is 7.41.